The molecule has 0 amide bonds. The Kier molecular flexibility index (Phi) is 4.78. The molecule has 2 nitrogen and oxygen atoms in total. The molecule has 0 aliphatic heterocycles. The summed E-state index contributed by atoms with van der Waals surface area (Å²) in [5, 5.41) is 8.40. The molecule has 0 bridgehead atoms. The Bertz CT molecular complexity index is 414. The predicted octanol–water partition coefficient (Wildman–Crippen LogP) is 4.43. The van der Waals surface area contributed by atoms with E-state index in [1.165, 1.54) is 5.56 Å². The topological polar surface area (TPSA) is 27.1 Å². The van der Waals surface area contributed by atoms with Gasteiger partial charge in [-0.1, -0.05) is 45.0 Å². The Labute approximate surface area is 118 Å². The van der Waals surface area contributed by atoms with Crippen LogP contribution in [0.25, 0.3) is 0 Å². The molecular weight excluding hydrogens is 232 g/mol. The van der Waals surface area contributed by atoms with E-state index in [-0.39, 0.29) is 5.41 Å². The zero-order valence-corrected chi connectivity index (χ0v) is 13.4. The van der Waals surface area contributed by atoms with Gasteiger partial charge in [-0.05, 0) is 38.7 Å². The van der Waals surface area contributed by atoms with Crippen molar-refractivity contribution in [3.05, 3.63) is 35.4 Å². The number of nitrogens with one attached hydrogen (secondary N) is 1. The van der Waals surface area contributed by atoms with Gasteiger partial charge in [0.2, 0.25) is 0 Å². The van der Waals surface area contributed by atoms with E-state index in [9.17, 15) is 0 Å². The smallest absolute Gasteiger partial charge is 0.128 e. The summed E-state index contributed by atoms with van der Waals surface area (Å²) < 4.78 is 0. The average Bonchev–Trinajstić information content (AvgIpc) is 2.27. The van der Waals surface area contributed by atoms with E-state index >= 15 is 0 Å². The molecule has 1 aromatic rings. The number of hydrogen-bond donors (Lipinski definition) is 1. The molecule has 0 radical (unpaired) electrons. The minimum absolute atomic E-state index is 0.163. The number of amidine groups is 1. The molecular formula is C17H28N2. The monoisotopic (exact) mass is 260 g/mol. The molecule has 1 rings (SSSR count). The maximum atomic E-state index is 8.40. The number of hydrogen-bond acceptors (Lipinski definition) is 1. The lowest BCUT2D eigenvalue weighted by molar-refractivity contribution is 0.291. The van der Waals surface area contributed by atoms with Gasteiger partial charge in [0.25, 0.3) is 0 Å². The van der Waals surface area contributed by atoms with Crippen LogP contribution in [0, 0.1) is 5.41 Å². The SMILES string of the molecule is CC(C)N(C(=N)c1ccc(C(C)(C)C)cc1)C(C)C. The van der Waals surface area contributed by atoms with Crippen molar-refractivity contribution >= 4 is 5.84 Å². The van der Waals surface area contributed by atoms with Gasteiger partial charge in [0.1, 0.15) is 5.84 Å². The van der Waals surface area contributed by atoms with Gasteiger partial charge in [-0.2, -0.15) is 0 Å². The van der Waals surface area contributed by atoms with E-state index in [0.29, 0.717) is 17.9 Å². The van der Waals surface area contributed by atoms with E-state index in [0.717, 1.165) is 5.56 Å². The fourth-order valence-corrected chi connectivity index (χ4v) is 2.39. The molecule has 19 heavy (non-hydrogen) atoms. The summed E-state index contributed by atoms with van der Waals surface area (Å²) in [6.07, 6.45) is 0. The number of benzene rings is 1. The van der Waals surface area contributed by atoms with Crippen molar-refractivity contribution in [2.45, 2.75) is 66.0 Å². The first kappa shape index (κ1) is 15.7. The Hall–Kier alpha value is -1.31. The zero-order valence-electron chi connectivity index (χ0n) is 13.4. The molecule has 0 atom stereocenters. The zero-order chi connectivity index (χ0) is 14.8. The Morgan fingerprint density at radius 2 is 1.37 bits per heavy atom. The molecule has 0 saturated carbocycles. The Morgan fingerprint density at radius 1 is 0.947 bits per heavy atom. The van der Waals surface area contributed by atoms with Crippen LogP contribution >= 0.6 is 0 Å². The molecule has 0 spiro atoms. The molecule has 0 heterocycles. The van der Waals surface area contributed by atoms with Gasteiger partial charge < -0.3 is 4.90 Å². The van der Waals surface area contributed by atoms with Gasteiger partial charge in [-0.3, -0.25) is 5.41 Å². The second-order valence-corrected chi connectivity index (χ2v) is 6.77. The van der Waals surface area contributed by atoms with Gasteiger partial charge in [-0.15, -0.1) is 0 Å². The molecule has 0 aliphatic rings. The lowest BCUT2D eigenvalue weighted by Crippen LogP contribution is -2.42. The highest BCUT2D eigenvalue weighted by Crippen LogP contribution is 2.23. The van der Waals surface area contributed by atoms with Crippen LogP contribution in [0.3, 0.4) is 0 Å². The van der Waals surface area contributed by atoms with Crippen LogP contribution in [0.1, 0.15) is 59.6 Å². The first-order chi connectivity index (χ1) is 8.64. The molecule has 1 N–H and O–H groups in total. The van der Waals surface area contributed by atoms with Crippen molar-refractivity contribution in [1.82, 2.24) is 4.90 Å². The molecule has 1 aromatic carbocycles. The third kappa shape index (κ3) is 3.82. The number of nitrogens with zero attached hydrogens (tertiary/aromatic N) is 1. The third-order valence-corrected chi connectivity index (χ3v) is 3.40. The van der Waals surface area contributed by atoms with E-state index in [2.05, 4.69) is 77.6 Å². The first-order valence-corrected chi connectivity index (χ1v) is 7.12. The van der Waals surface area contributed by atoms with Crippen molar-refractivity contribution < 1.29 is 0 Å². The summed E-state index contributed by atoms with van der Waals surface area (Å²) in [5.74, 6) is 0.616. The van der Waals surface area contributed by atoms with Crippen LogP contribution in [-0.4, -0.2) is 22.8 Å². The minimum Gasteiger partial charge on any atom is -0.352 e. The summed E-state index contributed by atoms with van der Waals surface area (Å²) in [6, 6.07) is 9.11. The molecule has 0 saturated heterocycles. The van der Waals surface area contributed by atoms with Crippen LogP contribution in [0.15, 0.2) is 24.3 Å². The summed E-state index contributed by atoms with van der Waals surface area (Å²) in [4.78, 5) is 2.14. The normalized spacial score (nSPS) is 12.1. The van der Waals surface area contributed by atoms with Gasteiger partial charge in [-0.25, -0.2) is 0 Å². The second kappa shape index (κ2) is 5.77. The summed E-state index contributed by atoms with van der Waals surface area (Å²) in [5.41, 5.74) is 2.47. The average molecular weight is 260 g/mol. The van der Waals surface area contributed by atoms with Gasteiger partial charge in [0.05, 0.1) is 0 Å². The van der Waals surface area contributed by atoms with Crippen molar-refractivity contribution in [3.8, 4) is 0 Å². The highest BCUT2D eigenvalue weighted by Gasteiger charge is 2.19. The van der Waals surface area contributed by atoms with Crippen LogP contribution in [0.5, 0.6) is 0 Å². The summed E-state index contributed by atoms with van der Waals surface area (Å²) in [7, 11) is 0. The maximum Gasteiger partial charge on any atom is 0.128 e. The maximum absolute atomic E-state index is 8.40. The van der Waals surface area contributed by atoms with Crippen molar-refractivity contribution in [2.75, 3.05) is 0 Å². The highest BCUT2D eigenvalue weighted by molar-refractivity contribution is 5.96. The summed E-state index contributed by atoms with van der Waals surface area (Å²) in [6.45, 7) is 15.2. The van der Waals surface area contributed by atoms with Crippen molar-refractivity contribution in [1.29, 1.82) is 5.41 Å². The lowest BCUT2D eigenvalue weighted by atomic mass is 9.86. The van der Waals surface area contributed by atoms with Crippen molar-refractivity contribution in [2.24, 2.45) is 0 Å². The lowest BCUT2D eigenvalue weighted by Gasteiger charge is -2.33. The highest BCUT2D eigenvalue weighted by atomic mass is 15.2. The first-order valence-electron chi connectivity index (χ1n) is 7.12. The van der Waals surface area contributed by atoms with Crippen LogP contribution in [0.2, 0.25) is 0 Å². The predicted molar refractivity (Wildman–Crippen MR) is 84.1 cm³/mol. The van der Waals surface area contributed by atoms with Gasteiger partial charge >= 0.3 is 0 Å². The minimum atomic E-state index is 0.163. The standard InChI is InChI=1S/C17H28N2/c1-12(2)19(13(3)4)16(18)14-8-10-15(11-9-14)17(5,6)7/h8-13,18H,1-7H3. The van der Waals surface area contributed by atoms with E-state index in [1.807, 2.05) is 0 Å². The largest absolute Gasteiger partial charge is 0.352 e. The van der Waals surface area contributed by atoms with E-state index < -0.39 is 0 Å². The Balaban J connectivity index is 3.01. The molecule has 0 aliphatic carbocycles. The molecule has 0 unspecified atom stereocenters. The number of rotatable bonds is 3. The van der Waals surface area contributed by atoms with Gasteiger partial charge in [0.15, 0.2) is 0 Å². The fraction of sp³-hybridized carbons (Fsp3) is 0.588. The molecule has 2 heteroatoms. The quantitative estimate of drug-likeness (QED) is 0.632. The fourth-order valence-electron chi connectivity index (χ4n) is 2.39. The van der Waals surface area contributed by atoms with Crippen LogP contribution in [0.4, 0.5) is 0 Å². The summed E-state index contributed by atoms with van der Waals surface area (Å²) >= 11 is 0. The second-order valence-electron chi connectivity index (χ2n) is 6.77. The third-order valence-electron chi connectivity index (χ3n) is 3.40. The van der Waals surface area contributed by atoms with E-state index in [4.69, 9.17) is 5.41 Å². The van der Waals surface area contributed by atoms with Gasteiger partial charge in [0, 0.05) is 17.6 Å². The molecule has 0 aromatic heterocycles. The molecule has 106 valence electrons. The van der Waals surface area contributed by atoms with Crippen LogP contribution in [-0.2, 0) is 5.41 Å². The Morgan fingerprint density at radius 3 is 1.68 bits per heavy atom. The van der Waals surface area contributed by atoms with E-state index in [1.54, 1.807) is 0 Å². The van der Waals surface area contributed by atoms with Crippen LogP contribution < -0.4 is 0 Å². The molecule has 0 fully saturated rings. The van der Waals surface area contributed by atoms with Crippen molar-refractivity contribution in [3.63, 3.8) is 0 Å².